The molecule has 0 aliphatic heterocycles. The summed E-state index contributed by atoms with van der Waals surface area (Å²) in [5, 5.41) is 10.7. The van der Waals surface area contributed by atoms with Crippen LogP contribution in [-0.4, -0.2) is 25.1 Å². The number of benzene rings is 1. The minimum atomic E-state index is -0.368. The first kappa shape index (κ1) is 12.4. The van der Waals surface area contributed by atoms with Crippen molar-refractivity contribution in [1.82, 2.24) is 0 Å². The van der Waals surface area contributed by atoms with Gasteiger partial charge in [-0.25, -0.2) is 0 Å². The fraction of sp³-hybridized carbons (Fsp3) is 0.455. The smallest absolute Gasteiger partial charge is 0.271 e. The Kier molecular flexibility index (Phi) is 4.25. The Balaban J connectivity index is 2.91. The van der Waals surface area contributed by atoms with Crippen LogP contribution >= 0.6 is 0 Å². The highest BCUT2D eigenvalue weighted by Crippen LogP contribution is 2.22. The van der Waals surface area contributed by atoms with Crippen LogP contribution in [0.2, 0.25) is 0 Å². The summed E-state index contributed by atoms with van der Waals surface area (Å²) in [6, 6.07) is 5.09. The summed E-state index contributed by atoms with van der Waals surface area (Å²) in [4.78, 5) is 12.3. The van der Waals surface area contributed by atoms with E-state index < -0.39 is 0 Å². The molecule has 0 fully saturated rings. The number of aryl methyl sites for hydroxylation is 1. The lowest BCUT2D eigenvalue weighted by atomic mass is 10.2. The van der Waals surface area contributed by atoms with E-state index in [1.54, 1.807) is 12.1 Å². The lowest BCUT2D eigenvalue weighted by Gasteiger charge is -2.19. The molecule has 5 nitrogen and oxygen atoms in total. The summed E-state index contributed by atoms with van der Waals surface area (Å²) in [6.07, 6.45) is 0.873. The number of non-ortho nitro benzene ring substituents is 1. The number of rotatable bonds is 5. The van der Waals surface area contributed by atoms with E-state index in [1.807, 2.05) is 24.9 Å². The van der Waals surface area contributed by atoms with Gasteiger partial charge in [0.1, 0.15) is 0 Å². The van der Waals surface area contributed by atoms with Gasteiger partial charge in [0.25, 0.3) is 5.69 Å². The number of nitrogens with two attached hydrogens (primary N) is 1. The van der Waals surface area contributed by atoms with E-state index in [4.69, 9.17) is 5.73 Å². The van der Waals surface area contributed by atoms with Crippen LogP contribution in [0.1, 0.15) is 12.0 Å². The molecule has 1 aromatic rings. The van der Waals surface area contributed by atoms with Gasteiger partial charge in [-0.05, 0) is 31.5 Å². The summed E-state index contributed by atoms with van der Waals surface area (Å²) in [5.41, 5.74) is 7.32. The molecule has 0 aliphatic rings. The number of hydrogen-bond donors (Lipinski definition) is 1. The number of nitro benzene ring substituents is 1. The minimum absolute atomic E-state index is 0.134. The lowest BCUT2D eigenvalue weighted by molar-refractivity contribution is -0.384. The third-order valence-electron chi connectivity index (χ3n) is 2.40. The Bertz CT molecular complexity index is 379. The van der Waals surface area contributed by atoms with Crippen molar-refractivity contribution in [3.8, 4) is 0 Å². The molecule has 5 heteroatoms. The highest BCUT2D eigenvalue weighted by molar-refractivity contribution is 5.55. The van der Waals surface area contributed by atoms with Crippen molar-refractivity contribution >= 4 is 11.4 Å². The van der Waals surface area contributed by atoms with Gasteiger partial charge < -0.3 is 10.6 Å². The first-order valence-corrected chi connectivity index (χ1v) is 5.22. The van der Waals surface area contributed by atoms with Crippen LogP contribution < -0.4 is 10.6 Å². The average molecular weight is 223 g/mol. The van der Waals surface area contributed by atoms with Crippen LogP contribution in [0.3, 0.4) is 0 Å². The second kappa shape index (κ2) is 5.46. The Labute approximate surface area is 95.0 Å². The van der Waals surface area contributed by atoms with Crippen LogP contribution in [0.5, 0.6) is 0 Å². The molecular formula is C11H17N3O2. The summed E-state index contributed by atoms with van der Waals surface area (Å²) >= 11 is 0. The van der Waals surface area contributed by atoms with E-state index in [1.165, 1.54) is 0 Å². The van der Waals surface area contributed by atoms with E-state index in [0.29, 0.717) is 6.54 Å². The van der Waals surface area contributed by atoms with Crippen molar-refractivity contribution in [2.75, 3.05) is 25.0 Å². The Hall–Kier alpha value is -1.62. The molecule has 16 heavy (non-hydrogen) atoms. The molecule has 0 saturated carbocycles. The predicted octanol–water partition coefficient (Wildman–Crippen LogP) is 1.69. The first-order chi connectivity index (χ1) is 7.54. The minimum Gasteiger partial charge on any atom is -0.374 e. The molecule has 0 heterocycles. The van der Waals surface area contributed by atoms with Crippen molar-refractivity contribution in [3.05, 3.63) is 33.9 Å². The maximum absolute atomic E-state index is 10.7. The van der Waals surface area contributed by atoms with E-state index in [-0.39, 0.29) is 10.6 Å². The molecule has 0 atom stereocenters. The fourth-order valence-electron chi connectivity index (χ4n) is 1.53. The first-order valence-electron chi connectivity index (χ1n) is 5.22. The molecule has 0 unspecified atom stereocenters. The average Bonchev–Trinajstić information content (AvgIpc) is 2.24. The third-order valence-corrected chi connectivity index (χ3v) is 2.40. The normalized spacial score (nSPS) is 10.2. The van der Waals surface area contributed by atoms with Crippen LogP contribution in [0, 0.1) is 17.0 Å². The predicted molar refractivity (Wildman–Crippen MR) is 64.8 cm³/mol. The molecule has 88 valence electrons. The van der Waals surface area contributed by atoms with Crippen LogP contribution in [-0.2, 0) is 0 Å². The van der Waals surface area contributed by atoms with Crippen molar-refractivity contribution in [2.24, 2.45) is 5.73 Å². The maximum Gasteiger partial charge on any atom is 0.271 e. The van der Waals surface area contributed by atoms with Gasteiger partial charge in [-0.1, -0.05) is 0 Å². The fourth-order valence-corrected chi connectivity index (χ4v) is 1.53. The lowest BCUT2D eigenvalue weighted by Crippen LogP contribution is -2.21. The number of nitro groups is 1. The maximum atomic E-state index is 10.7. The second-order valence-corrected chi connectivity index (χ2v) is 3.85. The molecule has 0 aliphatic carbocycles. The molecular weight excluding hydrogens is 206 g/mol. The van der Waals surface area contributed by atoms with Gasteiger partial charge >= 0.3 is 0 Å². The van der Waals surface area contributed by atoms with Crippen molar-refractivity contribution in [3.63, 3.8) is 0 Å². The summed E-state index contributed by atoms with van der Waals surface area (Å²) in [7, 11) is 1.91. The van der Waals surface area contributed by atoms with Crippen molar-refractivity contribution < 1.29 is 4.92 Å². The molecule has 0 aromatic heterocycles. The molecule has 0 amide bonds. The Morgan fingerprint density at radius 1 is 1.44 bits per heavy atom. The zero-order valence-electron chi connectivity index (χ0n) is 9.64. The van der Waals surface area contributed by atoms with E-state index in [2.05, 4.69) is 0 Å². The van der Waals surface area contributed by atoms with Crippen molar-refractivity contribution in [2.45, 2.75) is 13.3 Å². The largest absolute Gasteiger partial charge is 0.374 e. The van der Waals surface area contributed by atoms with Gasteiger partial charge in [0.05, 0.1) is 4.92 Å². The quantitative estimate of drug-likeness (QED) is 0.609. The molecule has 1 rings (SSSR count). The van der Waals surface area contributed by atoms with Gasteiger partial charge in [0.2, 0.25) is 0 Å². The highest BCUT2D eigenvalue weighted by atomic mass is 16.6. The van der Waals surface area contributed by atoms with Gasteiger partial charge in [-0.15, -0.1) is 0 Å². The zero-order chi connectivity index (χ0) is 12.1. The number of hydrogen-bond acceptors (Lipinski definition) is 4. The Morgan fingerprint density at radius 3 is 2.69 bits per heavy atom. The van der Waals surface area contributed by atoms with Gasteiger partial charge in [-0.3, -0.25) is 10.1 Å². The van der Waals surface area contributed by atoms with Crippen LogP contribution in [0.15, 0.2) is 18.2 Å². The van der Waals surface area contributed by atoms with Gasteiger partial charge in [0.15, 0.2) is 0 Å². The van der Waals surface area contributed by atoms with E-state index in [0.717, 1.165) is 24.2 Å². The van der Waals surface area contributed by atoms with Crippen LogP contribution in [0.4, 0.5) is 11.4 Å². The zero-order valence-corrected chi connectivity index (χ0v) is 9.64. The molecule has 0 saturated heterocycles. The molecule has 1 aromatic carbocycles. The SMILES string of the molecule is Cc1cc(N(C)CCCN)cc([N+](=O)[O-])c1. The number of nitrogens with zero attached hydrogens (tertiary/aromatic N) is 2. The molecule has 2 N–H and O–H groups in total. The second-order valence-electron chi connectivity index (χ2n) is 3.85. The third kappa shape index (κ3) is 3.20. The Morgan fingerprint density at radius 2 is 2.12 bits per heavy atom. The van der Waals surface area contributed by atoms with Gasteiger partial charge in [0, 0.05) is 31.4 Å². The van der Waals surface area contributed by atoms with Gasteiger partial charge in [-0.2, -0.15) is 0 Å². The van der Waals surface area contributed by atoms with Crippen molar-refractivity contribution in [1.29, 1.82) is 0 Å². The van der Waals surface area contributed by atoms with Crippen LogP contribution in [0.25, 0.3) is 0 Å². The summed E-state index contributed by atoms with van der Waals surface area (Å²) < 4.78 is 0. The summed E-state index contributed by atoms with van der Waals surface area (Å²) in [6.45, 7) is 3.28. The number of anilines is 1. The highest BCUT2D eigenvalue weighted by Gasteiger charge is 2.10. The standard InChI is InChI=1S/C11H17N3O2/c1-9-6-10(13(2)5-3-4-12)8-11(7-9)14(15)16/h6-8H,3-5,12H2,1-2H3. The summed E-state index contributed by atoms with van der Waals surface area (Å²) in [5.74, 6) is 0. The molecule has 0 bridgehead atoms. The van der Waals surface area contributed by atoms with E-state index in [9.17, 15) is 10.1 Å². The molecule has 0 spiro atoms. The molecule has 0 radical (unpaired) electrons. The topological polar surface area (TPSA) is 72.4 Å². The van der Waals surface area contributed by atoms with E-state index >= 15 is 0 Å². The monoisotopic (exact) mass is 223 g/mol.